The van der Waals surface area contributed by atoms with Gasteiger partial charge in [0.15, 0.2) is 5.96 Å². The Morgan fingerprint density at radius 1 is 1.30 bits per heavy atom. The van der Waals surface area contributed by atoms with Crippen LogP contribution in [0.3, 0.4) is 0 Å². The van der Waals surface area contributed by atoms with Crippen molar-refractivity contribution in [2.24, 2.45) is 4.99 Å². The number of rotatable bonds is 9. The molecule has 27 heavy (non-hydrogen) atoms. The predicted molar refractivity (Wildman–Crippen MR) is 109 cm³/mol. The standard InChI is InChI=1S/C19H31ClN4O3/c1-3-21-18(22-8-11-27-17-6-4-16(20)5-7-17)23-14-19(2,25)15-24-9-12-26-13-10-24/h4-7,25H,3,8-15H2,1-2H3,(H2,21,22,23). The van der Waals surface area contributed by atoms with E-state index in [1.54, 1.807) is 12.1 Å². The Bertz CT molecular complexity index is 575. The number of guanidine groups is 1. The SMILES string of the molecule is CCNC(=NCC(C)(O)CN1CCOCC1)NCCOc1ccc(Cl)cc1. The highest BCUT2D eigenvalue weighted by molar-refractivity contribution is 6.30. The van der Waals surface area contributed by atoms with Crippen molar-refractivity contribution in [3.05, 3.63) is 29.3 Å². The van der Waals surface area contributed by atoms with E-state index in [0.29, 0.717) is 37.2 Å². The van der Waals surface area contributed by atoms with E-state index < -0.39 is 5.60 Å². The van der Waals surface area contributed by atoms with Gasteiger partial charge in [-0.1, -0.05) is 11.6 Å². The third kappa shape index (κ3) is 8.79. The first-order valence-corrected chi connectivity index (χ1v) is 9.79. The monoisotopic (exact) mass is 398 g/mol. The molecule has 152 valence electrons. The molecule has 1 fully saturated rings. The van der Waals surface area contributed by atoms with E-state index in [0.717, 1.165) is 38.6 Å². The first-order valence-electron chi connectivity index (χ1n) is 9.41. The van der Waals surface area contributed by atoms with Crippen molar-refractivity contribution < 1.29 is 14.6 Å². The summed E-state index contributed by atoms with van der Waals surface area (Å²) < 4.78 is 11.0. The number of hydrogen-bond acceptors (Lipinski definition) is 5. The molecule has 1 aromatic carbocycles. The van der Waals surface area contributed by atoms with Crippen molar-refractivity contribution in [3.63, 3.8) is 0 Å². The summed E-state index contributed by atoms with van der Waals surface area (Å²) in [5.74, 6) is 1.44. The van der Waals surface area contributed by atoms with Gasteiger partial charge in [-0.3, -0.25) is 9.89 Å². The van der Waals surface area contributed by atoms with Gasteiger partial charge >= 0.3 is 0 Å². The van der Waals surface area contributed by atoms with E-state index >= 15 is 0 Å². The third-order valence-electron chi connectivity index (χ3n) is 4.07. The number of β-amino-alcohol motifs (C(OH)–C–C–N with tert-alkyl or cyclic N) is 1. The highest BCUT2D eigenvalue weighted by Crippen LogP contribution is 2.15. The molecule has 7 nitrogen and oxygen atoms in total. The molecule has 0 aromatic heterocycles. The average Bonchev–Trinajstić information content (AvgIpc) is 2.65. The van der Waals surface area contributed by atoms with Crippen molar-refractivity contribution in [1.29, 1.82) is 0 Å². The van der Waals surface area contributed by atoms with Crippen LogP contribution in [0, 0.1) is 0 Å². The van der Waals surface area contributed by atoms with Crippen molar-refractivity contribution in [2.75, 3.05) is 59.1 Å². The number of halogens is 1. The lowest BCUT2D eigenvalue weighted by atomic mass is 10.1. The fourth-order valence-corrected chi connectivity index (χ4v) is 2.88. The molecule has 0 spiro atoms. The van der Waals surface area contributed by atoms with Crippen molar-refractivity contribution in [3.8, 4) is 5.75 Å². The molecule has 0 radical (unpaired) electrons. The number of benzene rings is 1. The summed E-state index contributed by atoms with van der Waals surface area (Å²) in [6.07, 6.45) is 0. The molecule has 0 saturated carbocycles. The lowest BCUT2D eigenvalue weighted by Crippen LogP contribution is -2.48. The van der Waals surface area contributed by atoms with Gasteiger partial charge in [-0.15, -0.1) is 0 Å². The number of morpholine rings is 1. The second-order valence-electron chi connectivity index (χ2n) is 6.81. The largest absolute Gasteiger partial charge is 0.492 e. The molecule has 0 bridgehead atoms. The zero-order chi connectivity index (χ0) is 19.5. The maximum Gasteiger partial charge on any atom is 0.191 e. The smallest absolute Gasteiger partial charge is 0.191 e. The second-order valence-corrected chi connectivity index (χ2v) is 7.25. The first kappa shape index (κ1) is 21.8. The van der Waals surface area contributed by atoms with Gasteiger partial charge in [-0.2, -0.15) is 0 Å². The molecule has 1 saturated heterocycles. The van der Waals surface area contributed by atoms with Crippen LogP contribution >= 0.6 is 11.6 Å². The van der Waals surface area contributed by atoms with Crippen LogP contribution in [0.25, 0.3) is 0 Å². The average molecular weight is 399 g/mol. The summed E-state index contributed by atoms with van der Waals surface area (Å²) in [5.41, 5.74) is -0.889. The molecule has 1 unspecified atom stereocenters. The summed E-state index contributed by atoms with van der Waals surface area (Å²) in [5, 5.41) is 17.7. The van der Waals surface area contributed by atoms with Crippen LogP contribution in [0.2, 0.25) is 5.02 Å². The number of nitrogens with one attached hydrogen (secondary N) is 2. The minimum Gasteiger partial charge on any atom is -0.492 e. The van der Waals surface area contributed by atoms with Gasteiger partial charge in [-0.25, -0.2) is 0 Å². The quantitative estimate of drug-likeness (QED) is 0.331. The maximum absolute atomic E-state index is 10.6. The molecule has 0 amide bonds. The summed E-state index contributed by atoms with van der Waals surface area (Å²) in [6.45, 7) is 9.70. The van der Waals surface area contributed by atoms with Crippen LogP contribution in [0.1, 0.15) is 13.8 Å². The van der Waals surface area contributed by atoms with Gasteiger partial charge in [0.05, 0.1) is 31.9 Å². The van der Waals surface area contributed by atoms with E-state index in [4.69, 9.17) is 21.1 Å². The molecule has 1 aromatic rings. The molecular weight excluding hydrogens is 368 g/mol. The van der Waals surface area contributed by atoms with Gasteiger partial charge in [0.1, 0.15) is 12.4 Å². The summed E-state index contributed by atoms with van der Waals surface area (Å²) in [4.78, 5) is 6.73. The number of hydrogen-bond donors (Lipinski definition) is 3. The Kier molecular flexibility index (Phi) is 9.14. The fraction of sp³-hybridized carbons (Fsp3) is 0.632. The Balaban J connectivity index is 1.75. The van der Waals surface area contributed by atoms with Gasteiger partial charge in [0.2, 0.25) is 0 Å². The zero-order valence-corrected chi connectivity index (χ0v) is 17.0. The van der Waals surface area contributed by atoms with E-state index in [9.17, 15) is 5.11 Å². The lowest BCUT2D eigenvalue weighted by molar-refractivity contribution is -0.0179. The zero-order valence-electron chi connectivity index (χ0n) is 16.2. The van der Waals surface area contributed by atoms with Crippen LogP contribution in [0.15, 0.2) is 29.3 Å². The molecule has 0 aliphatic carbocycles. The molecule has 8 heteroatoms. The molecule has 1 aliphatic heterocycles. The number of aliphatic imine (C=N–C) groups is 1. The summed E-state index contributed by atoms with van der Waals surface area (Å²) >= 11 is 5.86. The number of aliphatic hydroxyl groups is 1. The Hall–Kier alpha value is -1.54. The van der Waals surface area contributed by atoms with E-state index in [2.05, 4.69) is 20.5 Å². The van der Waals surface area contributed by atoms with Crippen molar-refractivity contribution >= 4 is 17.6 Å². The normalized spacial score (nSPS) is 18.0. The van der Waals surface area contributed by atoms with Gasteiger partial charge < -0.3 is 25.2 Å². The van der Waals surface area contributed by atoms with Crippen LogP contribution in [0.4, 0.5) is 0 Å². The third-order valence-corrected chi connectivity index (χ3v) is 4.32. The Morgan fingerprint density at radius 3 is 2.67 bits per heavy atom. The predicted octanol–water partition coefficient (Wildman–Crippen LogP) is 1.36. The second kappa shape index (κ2) is 11.3. The Labute approximate surface area is 166 Å². The van der Waals surface area contributed by atoms with Gasteiger partial charge in [-0.05, 0) is 38.1 Å². The van der Waals surface area contributed by atoms with Crippen LogP contribution in [0.5, 0.6) is 5.75 Å². The lowest BCUT2D eigenvalue weighted by Gasteiger charge is -2.33. The summed E-state index contributed by atoms with van der Waals surface area (Å²) in [6, 6.07) is 7.27. The van der Waals surface area contributed by atoms with Crippen LogP contribution in [-0.2, 0) is 4.74 Å². The molecule has 1 heterocycles. The molecule has 3 N–H and O–H groups in total. The minimum absolute atomic E-state index is 0.317. The van der Waals surface area contributed by atoms with E-state index in [1.165, 1.54) is 0 Å². The van der Waals surface area contributed by atoms with Crippen LogP contribution < -0.4 is 15.4 Å². The van der Waals surface area contributed by atoms with Gasteiger partial charge in [0, 0.05) is 31.2 Å². The highest BCUT2D eigenvalue weighted by atomic mass is 35.5. The van der Waals surface area contributed by atoms with Crippen molar-refractivity contribution in [1.82, 2.24) is 15.5 Å². The fourth-order valence-electron chi connectivity index (χ4n) is 2.75. The number of nitrogens with zero attached hydrogens (tertiary/aromatic N) is 2. The molecule has 1 aliphatic rings. The Morgan fingerprint density at radius 2 is 2.00 bits per heavy atom. The highest BCUT2D eigenvalue weighted by Gasteiger charge is 2.25. The maximum atomic E-state index is 10.6. The first-order chi connectivity index (χ1) is 13.0. The molecular formula is C19H31ClN4O3. The topological polar surface area (TPSA) is 78.4 Å². The van der Waals surface area contributed by atoms with Gasteiger partial charge in [0.25, 0.3) is 0 Å². The molecule has 2 rings (SSSR count). The minimum atomic E-state index is -0.889. The molecule has 1 atom stereocenters. The number of ether oxygens (including phenoxy) is 2. The van der Waals surface area contributed by atoms with E-state index in [1.807, 2.05) is 26.0 Å². The van der Waals surface area contributed by atoms with E-state index in [-0.39, 0.29) is 0 Å². The van der Waals surface area contributed by atoms with Crippen LogP contribution in [-0.4, -0.2) is 80.7 Å². The van der Waals surface area contributed by atoms with Crippen molar-refractivity contribution in [2.45, 2.75) is 19.4 Å². The summed E-state index contributed by atoms with van der Waals surface area (Å²) in [7, 11) is 0.